The van der Waals surface area contributed by atoms with Crippen molar-refractivity contribution in [2.75, 3.05) is 38.2 Å². The summed E-state index contributed by atoms with van der Waals surface area (Å²) in [6, 6.07) is 2.69. The lowest BCUT2D eigenvalue weighted by molar-refractivity contribution is -0.0276. The van der Waals surface area contributed by atoms with Gasteiger partial charge in [-0.05, 0) is 33.1 Å². The number of hydrogen-bond acceptors (Lipinski definition) is 8. The lowest BCUT2D eigenvalue weighted by Gasteiger charge is -2.35. The zero-order chi connectivity index (χ0) is 20.4. The lowest BCUT2D eigenvalue weighted by atomic mass is 9.79. The van der Waals surface area contributed by atoms with Crippen LogP contribution in [0.5, 0.6) is 0 Å². The third-order valence-electron chi connectivity index (χ3n) is 6.20. The van der Waals surface area contributed by atoms with Crippen LogP contribution in [0.1, 0.15) is 44.8 Å². The molecule has 3 aliphatic rings. The predicted octanol–water partition coefficient (Wildman–Crippen LogP) is 1.48. The number of ether oxygens (including phenoxy) is 2. The summed E-state index contributed by atoms with van der Waals surface area (Å²) in [5.74, 6) is 1.36. The molecule has 2 N–H and O–H groups in total. The average molecular weight is 405 g/mol. The summed E-state index contributed by atoms with van der Waals surface area (Å²) in [5, 5.41) is 0. The number of nitrogens with zero attached hydrogens (tertiary/aromatic N) is 4. The molecular weight excluding hydrogens is 372 g/mol. The third kappa shape index (κ3) is 4.46. The zero-order valence-electron chi connectivity index (χ0n) is 17.5. The molecule has 29 heavy (non-hydrogen) atoms. The van der Waals surface area contributed by atoms with Crippen molar-refractivity contribution < 1.29 is 14.3 Å². The van der Waals surface area contributed by atoms with E-state index in [9.17, 15) is 4.79 Å². The molecule has 1 aromatic rings. The van der Waals surface area contributed by atoms with Gasteiger partial charge in [0.05, 0.1) is 31.1 Å². The SMILES string of the molecule is COC(=O)N1CCN(c2cc(C3NNC4CCC(OC(C)C)CC43)ncn2)CC1. The van der Waals surface area contributed by atoms with Crippen LogP contribution in [0.15, 0.2) is 12.4 Å². The van der Waals surface area contributed by atoms with Crippen molar-refractivity contribution in [2.45, 2.75) is 57.4 Å². The van der Waals surface area contributed by atoms with E-state index in [2.05, 4.69) is 45.6 Å². The van der Waals surface area contributed by atoms with Crippen molar-refractivity contribution in [2.24, 2.45) is 5.92 Å². The predicted molar refractivity (Wildman–Crippen MR) is 108 cm³/mol. The summed E-state index contributed by atoms with van der Waals surface area (Å²) in [7, 11) is 1.42. The van der Waals surface area contributed by atoms with Gasteiger partial charge in [0, 0.05) is 44.2 Å². The first kappa shape index (κ1) is 20.3. The Morgan fingerprint density at radius 1 is 1.17 bits per heavy atom. The topological polar surface area (TPSA) is 91.9 Å². The molecule has 0 spiro atoms. The van der Waals surface area contributed by atoms with Gasteiger partial charge in [-0.2, -0.15) is 0 Å². The smallest absolute Gasteiger partial charge is 0.409 e. The number of rotatable bonds is 4. The second kappa shape index (κ2) is 8.81. The molecule has 1 saturated carbocycles. The summed E-state index contributed by atoms with van der Waals surface area (Å²) in [6.07, 6.45) is 5.19. The van der Waals surface area contributed by atoms with Crippen molar-refractivity contribution in [3.05, 3.63) is 18.1 Å². The molecule has 160 valence electrons. The maximum absolute atomic E-state index is 11.7. The molecule has 2 saturated heterocycles. The molecule has 0 aromatic carbocycles. The Morgan fingerprint density at radius 3 is 2.69 bits per heavy atom. The van der Waals surface area contributed by atoms with Crippen LogP contribution < -0.4 is 15.8 Å². The summed E-state index contributed by atoms with van der Waals surface area (Å²) in [4.78, 5) is 24.7. The zero-order valence-corrected chi connectivity index (χ0v) is 17.5. The van der Waals surface area contributed by atoms with Gasteiger partial charge in [-0.1, -0.05) is 0 Å². The quantitative estimate of drug-likeness (QED) is 0.780. The highest BCUT2D eigenvalue weighted by Gasteiger charge is 2.42. The molecule has 1 aliphatic carbocycles. The van der Waals surface area contributed by atoms with Crippen LogP contribution >= 0.6 is 0 Å². The number of carbonyl (C=O) groups is 1. The number of aromatic nitrogens is 2. The van der Waals surface area contributed by atoms with E-state index in [0.717, 1.165) is 43.9 Å². The molecule has 4 unspecified atom stereocenters. The number of carbonyl (C=O) groups excluding carboxylic acids is 1. The third-order valence-corrected chi connectivity index (χ3v) is 6.20. The Hall–Kier alpha value is -1.97. The van der Waals surface area contributed by atoms with Gasteiger partial charge in [0.1, 0.15) is 12.1 Å². The van der Waals surface area contributed by atoms with Crippen molar-refractivity contribution in [3.8, 4) is 0 Å². The van der Waals surface area contributed by atoms with Gasteiger partial charge in [0.25, 0.3) is 0 Å². The molecule has 4 atom stereocenters. The van der Waals surface area contributed by atoms with E-state index in [1.54, 1.807) is 11.2 Å². The molecule has 9 heteroatoms. The van der Waals surface area contributed by atoms with Crippen LogP contribution in [-0.4, -0.2) is 72.5 Å². The summed E-state index contributed by atoms with van der Waals surface area (Å²) < 4.78 is 10.9. The number of methoxy groups -OCH3 is 1. The number of piperazine rings is 1. The van der Waals surface area contributed by atoms with E-state index in [0.29, 0.717) is 31.2 Å². The first-order chi connectivity index (χ1) is 14.0. The van der Waals surface area contributed by atoms with Crippen molar-refractivity contribution in [1.29, 1.82) is 0 Å². The molecule has 9 nitrogen and oxygen atoms in total. The van der Waals surface area contributed by atoms with E-state index >= 15 is 0 Å². The highest BCUT2D eigenvalue weighted by Crippen LogP contribution is 2.39. The second-order valence-electron chi connectivity index (χ2n) is 8.40. The standard InChI is InChI=1S/C20H32N6O3/c1-13(2)29-14-4-5-16-15(10-14)19(24-23-16)17-11-18(22-12-21-17)25-6-8-26(9-7-25)20(27)28-3/h11-16,19,23-24H,4-10H2,1-3H3. The fourth-order valence-corrected chi connectivity index (χ4v) is 4.77. The van der Waals surface area contributed by atoms with Gasteiger partial charge in [-0.15, -0.1) is 0 Å². The Morgan fingerprint density at radius 2 is 1.97 bits per heavy atom. The van der Waals surface area contributed by atoms with Crippen molar-refractivity contribution in [1.82, 2.24) is 25.7 Å². The second-order valence-corrected chi connectivity index (χ2v) is 8.40. The van der Waals surface area contributed by atoms with Crippen LogP contribution in [0, 0.1) is 5.92 Å². The molecular formula is C20H32N6O3. The number of hydrogen-bond donors (Lipinski definition) is 2. The highest BCUT2D eigenvalue weighted by molar-refractivity contribution is 5.67. The molecule has 3 heterocycles. The Bertz CT molecular complexity index is 709. The van der Waals surface area contributed by atoms with Crippen LogP contribution in [0.3, 0.4) is 0 Å². The van der Waals surface area contributed by atoms with Crippen LogP contribution in [0.4, 0.5) is 10.6 Å². The number of fused-ring (bicyclic) bond motifs is 1. The van der Waals surface area contributed by atoms with E-state index in [-0.39, 0.29) is 18.2 Å². The van der Waals surface area contributed by atoms with Crippen LogP contribution in [-0.2, 0) is 9.47 Å². The van der Waals surface area contributed by atoms with Crippen molar-refractivity contribution in [3.63, 3.8) is 0 Å². The van der Waals surface area contributed by atoms with E-state index in [1.807, 2.05) is 0 Å². The molecule has 0 radical (unpaired) electrons. The van der Waals surface area contributed by atoms with Gasteiger partial charge in [-0.3, -0.25) is 5.43 Å². The van der Waals surface area contributed by atoms with Crippen molar-refractivity contribution >= 4 is 11.9 Å². The number of anilines is 1. The van der Waals surface area contributed by atoms with E-state index < -0.39 is 0 Å². The Kier molecular flexibility index (Phi) is 6.17. The van der Waals surface area contributed by atoms with Gasteiger partial charge < -0.3 is 19.3 Å². The number of hydrazine groups is 1. The Labute approximate surface area is 172 Å². The largest absolute Gasteiger partial charge is 0.453 e. The summed E-state index contributed by atoms with van der Waals surface area (Å²) >= 11 is 0. The number of nitrogens with one attached hydrogen (secondary N) is 2. The normalized spacial score (nSPS) is 29.8. The molecule has 1 aromatic heterocycles. The van der Waals surface area contributed by atoms with Crippen LogP contribution in [0.2, 0.25) is 0 Å². The maximum atomic E-state index is 11.7. The van der Waals surface area contributed by atoms with Gasteiger partial charge in [-0.25, -0.2) is 20.2 Å². The molecule has 2 aliphatic heterocycles. The van der Waals surface area contributed by atoms with Gasteiger partial charge in [0.2, 0.25) is 0 Å². The minimum absolute atomic E-state index is 0.150. The highest BCUT2D eigenvalue weighted by atomic mass is 16.5. The van der Waals surface area contributed by atoms with E-state index in [4.69, 9.17) is 9.47 Å². The molecule has 1 amide bonds. The summed E-state index contributed by atoms with van der Waals surface area (Å²) in [6.45, 7) is 6.94. The average Bonchev–Trinajstić information content (AvgIpc) is 3.16. The fourth-order valence-electron chi connectivity index (χ4n) is 4.77. The molecule has 4 rings (SSSR count). The monoisotopic (exact) mass is 404 g/mol. The minimum Gasteiger partial charge on any atom is -0.453 e. The first-order valence-corrected chi connectivity index (χ1v) is 10.6. The van der Waals surface area contributed by atoms with Gasteiger partial charge in [0.15, 0.2) is 0 Å². The minimum atomic E-state index is -0.268. The Balaban J connectivity index is 1.43. The first-order valence-electron chi connectivity index (χ1n) is 10.6. The van der Waals surface area contributed by atoms with Crippen LogP contribution in [0.25, 0.3) is 0 Å². The molecule has 3 fully saturated rings. The maximum Gasteiger partial charge on any atom is 0.409 e. The fraction of sp³-hybridized carbons (Fsp3) is 0.750. The number of amides is 1. The van der Waals surface area contributed by atoms with Gasteiger partial charge >= 0.3 is 6.09 Å². The molecule has 0 bridgehead atoms. The van der Waals surface area contributed by atoms with E-state index in [1.165, 1.54) is 7.11 Å². The lowest BCUT2D eigenvalue weighted by Crippen LogP contribution is -2.49. The summed E-state index contributed by atoms with van der Waals surface area (Å²) in [5.41, 5.74) is 7.94.